The molecule has 0 bridgehead atoms. The summed E-state index contributed by atoms with van der Waals surface area (Å²) in [5, 5.41) is 9.61. The van der Waals surface area contributed by atoms with Crippen LogP contribution in [0.15, 0.2) is 29.4 Å². The minimum atomic E-state index is -4.27. The van der Waals surface area contributed by atoms with E-state index in [0.29, 0.717) is 5.92 Å². The zero-order valence-electron chi connectivity index (χ0n) is 18.4. The average molecular weight is 475 g/mol. The van der Waals surface area contributed by atoms with Crippen molar-refractivity contribution in [3.63, 3.8) is 0 Å². The molecule has 0 unspecified atom stereocenters. The fourth-order valence-corrected chi connectivity index (χ4v) is 5.58. The molecule has 1 aliphatic heterocycles. The maximum Gasteiger partial charge on any atom is 0.416 e. The van der Waals surface area contributed by atoms with E-state index in [1.165, 1.54) is 12.1 Å². The van der Waals surface area contributed by atoms with E-state index < -0.39 is 11.7 Å². The summed E-state index contributed by atoms with van der Waals surface area (Å²) in [5.74, 6) is 2.54. The number of aromatic nitrogens is 3. The van der Waals surface area contributed by atoms with Crippen molar-refractivity contribution in [2.24, 2.45) is 13.0 Å². The minimum Gasteiger partial charge on any atom is -0.309 e. The molecule has 0 spiro atoms. The Labute approximate surface area is 192 Å². The van der Waals surface area contributed by atoms with E-state index in [1.54, 1.807) is 23.9 Å². The first-order valence-electron chi connectivity index (χ1n) is 10.4. The molecule has 2 atom stereocenters. The second kappa shape index (κ2) is 8.60. The molecule has 172 valence electrons. The van der Waals surface area contributed by atoms with Crippen LogP contribution < -0.4 is 0 Å². The zero-order valence-corrected chi connectivity index (χ0v) is 20.0. The van der Waals surface area contributed by atoms with E-state index in [1.807, 2.05) is 7.05 Å². The molecule has 1 aromatic heterocycles. The smallest absolute Gasteiger partial charge is 0.309 e. The molecule has 2 aliphatic rings. The van der Waals surface area contributed by atoms with Crippen molar-refractivity contribution in [2.45, 2.75) is 55.8 Å². The lowest BCUT2D eigenvalue weighted by Gasteiger charge is -2.21. The van der Waals surface area contributed by atoms with Crippen molar-refractivity contribution in [3.05, 3.63) is 41.2 Å². The average Bonchev–Trinajstić information content (AvgIpc) is 3.02. The van der Waals surface area contributed by atoms with Gasteiger partial charge in [0.15, 0.2) is 5.16 Å². The monoisotopic (exact) mass is 474 g/mol. The van der Waals surface area contributed by atoms with E-state index >= 15 is 0 Å². The number of likely N-dealkylation sites (tertiary alicyclic amines) is 1. The van der Waals surface area contributed by atoms with Gasteiger partial charge in [0.2, 0.25) is 0 Å². The number of halogens is 4. The Bertz CT molecular complexity index is 907. The van der Waals surface area contributed by atoms with Crippen LogP contribution >= 0.6 is 24.2 Å². The highest BCUT2D eigenvalue weighted by Crippen LogP contribution is 2.59. The van der Waals surface area contributed by atoms with Gasteiger partial charge in [-0.25, -0.2) is 0 Å². The quantitative estimate of drug-likeness (QED) is 0.419. The van der Waals surface area contributed by atoms with Crippen LogP contribution in [0.4, 0.5) is 13.2 Å². The Balaban J connectivity index is 0.00000272. The topological polar surface area (TPSA) is 34.0 Å². The number of hydrogen-bond acceptors (Lipinski definition) is 4. The Hall–Kier alpha value is -1.25. The van der Waals surface area contributed by atoms with Gasteiger partial charge in [-0.3, -0.25) is 0 Å². The number of benzene rings is 1. The van der Waals surface area contributed by atoms with Crippen LogP contribution in [0.1, 0.15) is 50.6 Å². The van der Waals surface area contributed by atoms with Gasteiger partial charge in [0.05, 0.1) is 5.56 Å². The molecule has 2 heterocycles. The number of fused-ring (bicyclic) bond motifs is 1. The fourth-order valence-electron chi connectivity index (χ4n) is 4.74. The predicted octanol–water partition coefficient (Wildman–Crippen LogP) is 5.31. The second-order valence-electron chi connectivity index (χ2n) is 9.68. The van der Waals surface area contributed by atoms with E-state index in [2.05, 4.69) is 40.4 Å². The molecule has 1 saturated carbocycles. The van der Waals surface area contributed by atoms with Gasteiger partial charge in [0.25, 0.3) is 0 Å². The number of piperidine rings is 1. The molecule has 9 heteroatoms. The van der Waals surface area contributed by atoms with Crippen LogP contribution in [-0.2, 0) is 24.1 Å². The number of hydrogen-bond donors (Lipinski definition) is 0. The van der Waals surface area contributed by atoms with Gasteiger partial charge in [-0.15, -0.1) is 22.6 Å². The first kappa shape index (κ1) is 24.4. The summed E-state index contributed by atoms with van der Waals surface area (Å²) in [4.78, 5) is 2.46. The van der Waals surface area contributed by atoms with Crippen molar-refractivity contribution in [2.75, 3.05) is 25.4 Å². The Morgan fingerprint density at radius 2 is 1.81 bits per heavy atom. The van der Waals surface area contributed by atoms with Crippen LogP contribution in [0.5, 0.6) is 0 Å². The van der Waals surface area contributed by atoms with Crippen LogP contribution in [0, 0.1) is 5.92 Å². The molecule has 2 aromatic rings. The van der Waals surface area contributed by atoms with Gasteiger partial charge in [0.1, 0.15) is 5.82 Å². The largest absolute Gasteiger partial charge is 0.416 e. The second-order valence-corrected chi connectivity index (χ2v) is 10.7. The van der Waals surface area contributed by atoms with Crippen LogP contribution in [0.2, 0.25) is 0 Å². The molecular weight excluding hydrogens is 445 g/mol. The van der Waals surface area contributed by atoms with Crippen LogP contribution in [-0.4, -0.2) is 45.1 Å². The molecule has 4 nitrogen and oxygen atoms in total. The number of nitrogens with zero attached hydrogens (tertiary/aromatic N) is 4. The van der Waals surface area contributed by atoms with Gasteiger partial charge in [-0.1, -0.05) is 44.7 Å². The van der Waals surface area contributed by atoms with E-state index in [-0.39, 0.29) is 23.2 Å². The maximum atomic E-state index is 12.8. The van der Waals surface area contributed by atoms with Crippen molar-refractivity contribution < 1.29 is 13.2 Å². The molecular formula is C22H30ClF3N4S. The van der Waals surface area contributed by atoms with Crippen molar-refractivity contribution >= 4 is 24.2 Å². The molecule has 0 radical (unpaired) electrons. The first-order chi connectivity index (χ1) is 14.0. The zero-order chi connectivity index (χ0) is 21.7. The summed E-state index contributed by atoms with van der Waals surface area (Å²) in [6, 6.07) is 5.82. The summed E-state index contributed by atoms with van der Waals surface area (Å²) in [7, 11) is 2.02. The molecule has 4 rings (SSSR count). The summed E-state index contributed by atoms with van der Waals surface area (Å²) < 4.78 is 40.6. The fraction of sp³-hybridized carbons (Fsp3) is 0.636. The minimum absolute atomic E-state index is 0. The van der Waals surface area contributed by atoms with Crippen molar-refractivity contribution in [3.8, 4) is 0 Å². The third kappa shape index (κ3) is 4.91. The summed E-state index contributed by atoms with van der Waals surface area (Å²) in [6.07, 6.45) is -2.12. The van der Waals surface area contributed by atoms with E-state index in [4.69, 9.17) is 0 Å². The third-order valence-electron chi connectivity index (χ3n) is 6.36. The third-order valence-corrected chi connectivity index (χ3v) is 7.47. The predicted molar refractivity (Wildman–Crippen MR) is 120 cm³/mol. The van der Waals surface area contributed by atoms with Gasteiger partial charge in [0, 0.05) is 36.7 Å². The van der Waals surface area contributed by atoms with Gasteiger partial charge >= 0.3 is 6.18 Å². The first-order valence-corrected chi connectivity index (χ1v) is 11.4. The lowest BCUT2D eigenvalue weighted by Crippen LogP contribution is -2.28. The summed E-state index contributed by atoms with van der Waals surface area (Å²) in [6.45, 7) is 9.41. The molecule has 2 fully saturated rings. The lowest BCUT2D eigenvalue weighted by atomic mass is 9.94. The highest BCUT2D eigenvalue weighted by Gasteiger charge is 2.60. The molecule has 1 saturated heterocycles. The SMILES string of the molecule is Cl.Cn1c(SCCCN2C[C@@H]3C[C@]3(c3ccc(C(F)(F)F)cc3)C2)nnc1C(C)(C)C. The number of alkyl halides is 3. The summed E-state index contributed by atoms with van der Waals surface area (Å²) >= 11 is 1.73. The Kier molecular flexibility index (Phi) is 6.76. The van der Waals surface area contributed by atoms with Gasteiger partial charge in [-0.2, -0.15) is 13.2 Å². The molecule has 1 aliphatic carbocycles. The molecule has 31 heavy (non-hydrogen) atoms. The standard InChI is InChI=1S/C22H29F3N4S.ClH/c1-20(2,3)18-26-27-19(28(18)4)30-11-5-10-29-13-17-12-21(17,14-29)15-6-8-16(9-7-15)22(23,24)25;/h6-9,17H,5,10-14H2,1-4H3;1H/t17-,21+;/m0./s1. The van der Waals surface area contributed by atoms with Gasteiger partial charge < -0.3 is 9.47 Å². The molecule has 0 N–H and O–H groups in total. The lowest BCUT2D eigenvalue weighted by molar-refractivity contribution is -0.137. The molecule has 1 aromatic carbocycles. The van der Waals surface area contributed by atoms with Crippen LogP contribution in [0.25, 0.3) is 0 Å². The Morgan fingerprint density at radius 3 is 2.39 bits per heavy atom. The van der Waals surface area contributed by atoms with Gasteiger partial charge in [-0.05, 0) is 43.0 Å². The van der Waals surface area contributed by atoms with Crippen molar-refractivity contribution in [1.29, 1.82) is 0 Å². The van der Waals surface area contributed by atoms with E-state index in [9.17, 15) is 13.2 Å². The highest BCUT2D eigenvalue weighted by atomic mass is 35.5. The van der Waals surface area contributed by atoms with Crippen LogP contribution in [0.3, 0.4) is 0 Å². The summed E-state index contributed by atoms with van der Waals surface area (Å²) in [5.41, 5.74) is 0.544. The normalized spacial score (nSPS) is 23.5. The van der Waals surface area contributed by atoms with E-state index in [0.717, 1.165) is 54.8 Å². The molecule has 0 amide bonds. The highest BCUT2D eigenvalue weighted by molar-refractivity contribution is 7.99. The van der Waals surface area contributed by atoms with Crippen molar-refractivity contribution in [1.82, 2.24) is 19.7 Å². The number of thioether (sulfide) groups is 1. The Morgan fingerprint density at radius 1 is 1.13 bits per heavy atom. The number of rotatable bonds is 6. The maximum absolute atomic E-state index is 12.8.